The molecular weight excluding hydrogens is 368 g/mol. The molecule has 1 N–H and O–H groups in total. The predicted molar refractivity (Wildman–Crippen MR) is 116 cm³/mol. The molecule has 0 amide bonds. The minimum Gasteiger partial charge on any atom is -0.493 e. The third-order valence-corrected chi connectivity index (χ3v) is 6.70. The summed E-state index contributed by atoms with van der Waals surface area (Å²) < 4.78 is 5.78. The van der Waals surface area contributed by atoms with Crippen LogP contribution in [-0.4, -0.2) is 16.6 Å². The van der Waals surface area contributed by atoms with Gasteiger partial charge in [-0.05, 0) is 55.7 Å². The number of nitrogens with zero attached hydrogens (tertiary/aromatic N) is 1. The number of rotatable bonds is 3. The highest BCUT2D eigenvalue weighted by Crippen LogP contribution is 2.36. The molecule has 4 aromatic rings. The zero-order valence-corrected chi connectivity index (χ0v) is 16.7. The molecule has 5 rings (SSSR count). The highest BCUT2D eigenvalue weighted by atomic mass is 32.1. The number of thiophene rings is 1. The van der Waals surface area contributed by atoms with Crippen LogP contribution in [0.4, 0.5) is 0 Å². The van der Waals surface area contributed by atoms with Crippen LogP contribution in [0.15, 0.2) is 41.2 Å². The summed E-state index contributed by atoms with van der Waals surface area (Å²) in [6.45, 7) is 2.60. The SMILES string of the molecule is CCOc1ccc(-c2nc3sc4c(c3c(=O)[nH]2)CCCCC4)c2ccccc12. The highest BCUT2D eigenvalue weighted by Gasteiger charge is 2.20. The molecule has 0 saturated heterocycles. The first kappa shape index (κ1) is 17.4. The second kappa shape index (κ2) is 7.06. The van der Waals surface area contributed by atoms with Gasteiger partial charge in [0.15, 0.2) is 0 Å². The molecule has 1 aliphatic carbocycles. The summed E-state index contributed by atoms with van der Waals surface area (Å²) in [4.78, 5) is 23.2. The lowest BCUT2D eigenvalue weighted by atomic mass is 10.0. The standard InChI is InChI=1S/C23H22N2O2S/c1-2-27-18-13-12-16(14-8-6-7-9-15(14)18)21-24-22(26)20-17-10-4-3-5-11-19(17)28-23(20)25-21/h6-9,12-13H,2-5,10-11H2,1H3,(H,24,25,26). The topological polar surface area (TPSA) is 55.0 Å². The van der Waals surface area contributed by atoms with E-state index < -0.39 is 0 Å². The molecule has 2 aromatic carbocycles. The monoisotopic (exact) mass is 390 g/mol. The number of aryl methyl sites for hydroxylation is 2. The Bertz CT molecular complexity index is 1240. The Hall–Kier alpha value is -2.66. The van der Waals surface area contributed by atoms with Gasteiger partial charge in [0.2, 0.25) is 0 Å². The second-order valence-electron chi connectivity index (χ2n) is 7.25. The fourth-order valence-electron chi connectivity index (χ4n) is 4.23. The van der Waals surface area contributed by atoms with Crippen molar-refractivity contribution in [1.29, 1.82) is 0 Å². The first-order valence-corrected chi connectivity index (χ1v) is 10.8. The summed E-state index contributed by atoms with van der Waals surface area (Å²) >= 11 is 1.70. The Labute approximate surface area is 167 Å². The number of benzene rings is 2. The van der Waals surface area contributed by atoms with Gasteiger partial charge >= 0.3 is 0 Å². The lowest BCUT2D eigenvalue weighted by molar-refractivity contribution is 0.344. The van der Waals surface area contributed by atoms with Crippen molar-refractivity contribution < 1.29 is 4.74 Å². The molecule has 0 spiro atoms. The van der Waals surface area contributed by atoms with Gasteiger partial charge in [-0.25, -0.2) is 4.98 Å². The van der Waals surface area contributed by atoms with E-state index in [1.165, 1.54) is 23.3 Å². The fourth-order valence-corrected chi connectivity index (χ4v) is 5.49. The number of aromatic nitrogens is 2. The third-order valence-electron chi connectivity index (χ3n) is 5.51. The van der Waals surface area contributed by atoms with Crippen LogP contribution in [0.5, 0.6) is 5.75 Å². The first-order chi connectivity index (χ1) is 13.8. The van der Waals surface area contributed by atoms with Crippen LogP contribution < -0.4 is 10.3 Å². The molecule has 0 unspecified atom stereocenters. The van der Waals surface area contributed by atoms with Gasteiger partial charge < -0.3 is 9.72 Å². The highest BCUT2D eigenvalue weighted by molar-refractivity contribution is 7.18. The number of hydrogen-bond acceptors (Lipinski definition) is 4. The lowest BCUT2D eigenvalue weighted by Gasteiger charge is -2.11. The number of aromatic amines is 1. The van der Waals surface area contributed by atoms with E-state index >= 15 is 0 Å². The molecule has 28 heavy (non-hydrogen) atoms. The predicted octanol–water partition coefficient (Wildman–Crippen LogP) is 5.47. The van der Waals surface area contributed by atoms with Crippen molar-refractivity contribution in [1.82, 2.24) is 9.97 Å². The largest absolute Gasteiger partial charge is 0.493 e. The number of ether oxygens (including phenoxy) is 1. The van der Waals surface area contributed by atoms with Crippen LogP contribution in [0.3, 0.4) is 0 Å². The van der Waals surface area contributed by atoms with Crippen molar-refractivity contribution in [2.45, 2.75) is 39.0 Å². The normalized spacial score (nSPS) is 14.2. The minimum atomic E-state index is -0.0163. The van der Waals surface area contributed by atoms with E-state index in [-0.39, 0.29) is 5.56 Å². The van der Waals surface area contributed by atoms with E-state index in [4.69, 9.17) is 9.72 Å². The average Bonchev–Trinajstić information content (AvgIpc) is 2.90. The summed E-state index contributed by atoms with van der Waals surface area (Å²) in [5, 5.41) is 2.88. The van der Waals surface area contributed by atoms with Crippen LogP contribution >= 0.6 is 11.3 Å². The van der Waals surface area contributed by atoms with Gasteiger partial charge in [-0.1, -0.05) is 30.7 Å². The number of hydrogen-bond donors (Lipinski definition) is 1. The summed E-state index contributed by atoms with van der Waals surface area (Å²) in [7, 11) is 0. The molecule has 142 valence electrons. The van der Waals surface area contributed by atoms with Crippen molar-refractivity contribution in [2.24, 2.45) is 0 Å². The Morgan fingerprint density at radius 3 is 2.75 bits per heavy atom. The minimum absolute atomic E-state index is 0.0163. The van der Waals surface area contributed by atoms with Crippen LogP contribution in [0.2, 0.25) is 0 Å². The lowest BCUT2D eigenvalue weighted by Crippen LogP contribution is -2.10. The van der Waals surface area contributed by atoms with Crippen molar-refractivity contribution >= 4 is 32.3 Å². The quantitative estimate of drug-likeness (QED) is 0.472. The van der Waals surface area contributed by atoms with E-state index in [0.29, 0.717) is 12.4 Å². The fraction of sp³-hybridized carbons (Fsp3) is 0.304. The van der Waals surface area contributed by atoms with E-state index in [0.717, 1.165) is 51.6 Å². The summed E-state index contributed by atoms with van der Waals surface area (Å²) in [5.74, 6) is 1.49. The smallest absolute Gasteiger partial charge is 0.260 e. The molecule has 1 aliphatic rings. The molecule has 0 fully saturated rings. The molecule has 4 nitrogen and oxygen atoms in total. The van der Waals surface area contributed by atoms with E-state index in [9.17, 15) is 4.79 Å². The second-order valence-corrected chi connectivity index (χ2v) is 8.33. The molecule has 0 atom stereocenters. The van der Waals surface area contributed by atoms with Crippen LogP contribution in [0.1, 0.15) is 36.6 Å². The molecule has 2 heterocycles. The first-order valence-electron chi connectivity index (χ1n) is 9.95. The van der Waals surface area contributed by atoms with E-state index in [2.05, 4.69) is 11.1 Å². The molecule has 5 heteroatoms. The Kier molecular flexibility index (Phi) is 4.40. The number of nitrogens with one attached hydrogen (secondary N) is 1. The van der Waals surface area contributed by atoms with E-state index in [1.807, 2.05) is 37.3 Å². The van der Waals surface area contributed by atoms with Crippen molar-refractivity contribution in [3.05, 3.63) is 57.2 Å². The Morgan fingerprint density at radius 2 is 1.89 bits per heavy atom. The summed E-state index contributed by atoms with van der Waals surface area (Å²) in [6.07, 6.45) is 5.66. The van der Waals surface area contributed by atoms with Crippen molar-refractivity contribution in [3.8, 4) is 17.1 Å². The maximum atomic E-state index is 13.0. The zero-order valence-electron chi connectivity index (χ0n) is 15.9. The molecule has 0 bridgehead atoms. The molecule has 0 saturated carbocycles. The van der Waals surface area contributed by atoms with Crippen LogP contribution in [0.25, 0.3) is 32.4 Å². The van der Waals surface area contributed by atoms with Crippen LogP contribution in [0, 0.1) is 0 Å². The van der Waals surface area contributed by atoms with Crippen LogP contribution in [-0.2, 0) is 12.8 Å². The van der Waals surface area contributed by atoms with Crippen molar-refractivity contribution in [2.75, 3.05) is 6.61 Å². The van der Waals surface area contributed by atoms with Gasteiger partial charge in [-0.2, -0.15) is 0 Å². The van der Waals surface area contributed by atoms with Gasteiger partial charge in [-0.15, -0.1) is 11.3 Å². The zero-order chi connectivity index (χ0) is 19.1. The number of fused-ring (bicyclic) bond motifs is 4. The maximum absolute atomic E-state index is 13.0. The third kappa shape index (κ3) is 2.81. The van der Waals surface area contributed by atoms with Gasteiger partial charge in [0, 0.05) is 15.8 Å². The Morgan fingerprint density at radius 1 is 1.07 bits per heavy atom. The van der Waals surface area contributed by atoms with Gasteiger partial charge in [0.25, 0.3) is 5.56 Å². The van der Waals surface area contributed by atoms with Crippen molar-refractivity contribution in [3.63, 3.8) is 0 Å². The van der Waals surface area contributed by atoms with Gasteiger partial charge in [0.05, 0.1) is 12.0 Å². The summed E-state index contributed by atoms with van der Waals surface area (Å²) in [6, 6.07) is 12.1. The van der Waals surface area contributed by atoms with Gasteiger partial charge in [-0.3, -0.25) is 4.79 Å². The van der Waals surface area contributed by atoms with Gasteiger partial charge in [0.1, 0.15) is 16.4 Å². The average molecular weight is 391 g/mol. The van der Waals surface area contributed by atoms with E-state index in [1.54, 1.807) is 11.3 Å². The summed E-state index contributed by atoms with van der Waals surface area (Å²) in [5.41, 5.74) is 2.15. The molecule has 2 aromatic heterocycles. The molecule has 0 radical (unpaired) electrons. The molecular formula is C23H22N2O2S. The molecule has 0 aliphatic heterocycles. The Balaban J connectivity index is 1.72. The number of H-pyrrole nitrogens is 1. The maximum Gasteiger partial charge on any atom is 0.260 e.